The molecule has 5 heavy (non-hydrogen) atoms. The van der Waals surface area contributed by atoms with E-state index in [9.17, 15) is 0 Å². The van der Waals surface area contributed by atoms with Gasteiger partial charge in [0.25, 0.3) is 0 Å². The van der Waals surface area contributed by atoms with Crippen LogP contribution >= 0.6 is 0 Å². The smallest absolute Gasteiger partial charge is 0 e. The third kappa shape index (κ3) is 18.6. The molecule has 0 aromatic carbocycles. The molecular weight excluding hydrogens is 455 g/mol. The molecule has 0 heterocycles. The fourth-order valence-corrected chi connectivity index (χ4v) is 0. The first-order valence-corrected chi connectivity index (χ1v) is 0. The Kier molecular flexibility index (Phi) is 204. The van der Waals surface area contributed by atoms with E-state index in [0.29, 0.717) is 0 Å². The van der Waals surface area contributed by atoms with Crippen molar-refractivity contribution in [2.24, 2.45) is 0 Å². The van der Waals surface area contributed by atoms with Gasteiger partial charge in [-0.15, -0.1) is 0 Å². The normalized spacial score (nSPS) is 0. The predicted octanol–water partition coefficient (Wildman–Crippen LogP) is -3.13. The van der Waals surface area contributed by atoms with Crippen LogP contribution in [0.2, 0.25) is 0 Å². The summed E-state index contributed by atoms with van der Waals surface area (Å²) in [5.41, 5.74) is 0. The van der Waals surface area contributed by atoms with E-state index in [1.807, 2.05) is 0 Å². The first-order chi connectivity index (χ1) is 0. The van der Waals surface area contributed by atoms with E-state index in [1.165, 1.54) is 0 Å². The molecule has 5 heteroatoms. The van der Waals surface area contributed by atoms with Crippen LogP contribution in [0.1, 0.15) is 0 Å². The molecule has 0 N–H and O–H groups in total. The third-order valence-corrected chi connectivity index (χ3v) is 0. The average Bonchev–Trinajstić information content (AvgIpc) is 0. The summed E-state index contributed by atoms with van der Waals surface area (Å²) in [6.45, 7) is 0. The number of hydrogen-bond donors (Lipinski definition) is 0. The van der Waals surface area contributed by atoms with E-state index >= 15 is 0 Å². The van der Waals surface area contributed by atoms with Gasteiger partial charge in [-0.05, 0) is 0 Å². The molecule has 0 aliphatic rings. The van der Waals surface area contributed by atoms with E-state index in [-0.39, 0.29) is 107 Å². The average molecular weight is 461 g/mol. The van der Waals surface area contributed by atoms with Crippen LogP contribution in [0.25, 0.3) is 0 Å². The molecule has 26 valence electrons. The zero-order valence-electron chi connectivity index (χ0n) is 1.52. The Labute approximate surface area is 105 Å². The van der Waals surface area contributed by atoms with Gasteiger partial charge in [-0.25, -0.2) is 0 Å². The van der Waals surface area contributed by atoms with Gasteiger partial charge >= 0.3 is 45.6 Å². The maximum absolute atomic E-state index is 0. The summed E-state index contributed by atoms with van der Waals surface area (Å²) < 4.78 is 0. The van der Waals surface area contributed by atoms with Crippen LogP contribution in [-0.2, 0) is 27.3 Å². The molecule has 4 radical (unpaired) electrons. The van der Waals surface area contributed by atoms with E-state index in [2.05, 4.69) is 0 Å². The molecule has 0 aliphatic heterocycles. The fraction of sp³-hybridized carbons (Fsp3) is 0. The van der Waals surface area contributed by atoms with Gasteiger partial charge in [-0.3, -0.25) is 0 Å². The third-order valence-electron chi connectivity index (χ3n) is 0. The van der Waals surface area contributed by atoms with Crippen molar-refractivity contribution in [2.45, 2.75) is 0 Å². The van der Waals surface area contributed by atoms with Crippen molar-refractivity contribution in [3.8, 4) is 0 Å². The van der Waals surface area contributed by atoms with Crippen molar-refractivity contribution in [3.05, 3.63) is 0 Å². The zero-order valence-corrected chi connectivity index (χ0v) is 8.99. The van der Waals surface area contributed by atoms with Crippen molar-refractivity contribution < 1.29 is 27.3 Å². The first-order valence-electron chi connectivity index (χ1n) is 0. The van der Waals surface area contributed by atoms with Crippen LogP contribution in [0, 0.1) is 0 Å². The SMILES string of the molecule is [Cd].[GaH3].[InH3].[Se].[Se]. The molecule has 0 amide bonds. The second-order valence-electron chi connectivity index (χ2n) is 0. The molecule has 0 spiro atoms. The van der Waals surface area contributed by atoms with E-state index < -0.39 is 0 Å². The fourth-order valence-electron chi connectivity index (χ4n) is 0. The van der Waals surface area contributed by atoms with Crippen LogP contribution in [-0.4, -0.2) is 79.8 Å². The molecule has 0 rings (SSSR count). The van der Waals surface area contributed by atoms with Crippen LogP contribution in [0.15, 0.2) is 0 Å². The van der Waals surface area contributed by atoms with Gasteiger partial charge in [0.15, 0.2) is 0 Å². The van der Waals surface area contributed by atoms with Gasteiger partial charge in [0.05, 0.1) is 0 Å². The Balaban J connectivity index is 0. The van der Waals surface area contributed by atoms with Crippen molar-refractivity contribution in [3.63, 3.8) is 0 Å². The van der Waals surface area contributed by atoms with Crippen LogP contribution < -0.4 is 0 Å². The summed E-state index contributed by atoms with van der Waals surface area (Å²) in [5.74, 6) is 0. The quantitative estimate of drug-likeness (QED) is 0.335. The predicted molar refractivity (Wildman–Crippen MR) is 31.4 cm³/mol. The Bertz CT molecular complexity index is 9.61. The summed E-state index contributed by atoms with van der Waals surface area (Å²) in [6, 6.07) is 0. The zero-order chi connectivity index (χ0) is 0. The minimum atomic E-state index is 0. The Morgan fingerprint density at radius 1 is 0.800 bits per heavy atom. The summed E-state index contributed by atoms with van der Waals surface area (Å²) >= 11 is 0. The maximum atomic E-state index is 0. The Morgan fingerprint density at radius 2 is 0.800 bits per heavy atom. The molecule has 0 aromatic rings. The number of rotatable bonds is 0. The summed E-state index contributed by atoms with van der Waals surface area (Å²) in [7, 11) is 0. The van der Waals surface area contributed by atoms with E-state index in [4.69, 9.17) is 0 Å². The summed E-state index contributed by atoms with van der Waals surface area (Å²) in [4.78, 5) is 0. The molecule has 0 atom stereocenters. The molecule has 0 fully saturated rings. The van der Waals surface area contributed by atoms with Gasteiger partial charge in [-0.1, -0.05) is 0 Å². The summed E-state index contributed by atoms with van der Waals surface area (Å²) in [6.07, 6.45) is 0. The van der Waals surface area contributed by atoms with Gasteiger partial charge in [-0.2, -0.15) is 0 Å². The molecule has 0 saturated carbocycles. The second kappa shape index (κ2) is 26.0. The molecular formula is H6CdGaInSe2. The topological polar surface area (TPSA) is 0 Å². The van der Waals surface area contributed by atoms with Crippen molar-refractivity contribution in [2.75, 3.05) is 0 Å². The van der Waals surface area contributed by atoms with Gasteiger partial charge in [0, 0.05) is 61.4 Å². The second-order valence-corrected chi connectivity index (χ2v) is 0. The monoisotopic (exact) mass is 464 g/mol. The standard InChI is InChI=1S/Cd.Ga.In.2Se.6H. The van der Waals surface area contributed by atoms with Crippen LogP contribution in [0.4, 0.5) is 0 Å². The number of hydrogen-bond acceptors (Lipinski definition) is 0. The molecule has 0 aromatic heterocycles. The van der Waals surface area contributed by atoms with Crippen molar-refractivity contribution in [1.82, 2.24) is 0 Å². The van der Waals surface area contributed by atoms with Crippen molar-refractivity contribution in [1.29, 1.82) is 0 Å². The van der Waals surface area contributed by atoms with Gasteiger partial charge in [0.2, 0.25) is 0 Å². The molecule has 0 nitrogen and oxygen atoms in total. The maximum Gasteiger partial charge on any atom is 0 e. The summed E-state index contributed by atoms with van der Waals surface area (Å²) in [5, 5.41) is 0. The largest absolute Gasteiger partial charge is 0 e. The molecule has 0 bridgehead atoms. The van der Waals surface area contributed by atoms with Crippen LogP contribution in [0.3, 0.4) is 0 Å². The molecule has 0 saturated heterocycles. The molecule has 0 aliphatic carbocycles. The van der Waals surface area contributed by atoms with Crippen molar-refractivity contribution >= 4 is 79.8 Å². The minimum Gasteiger partial charge on any atom is 0 e. The Hall–Kier alpha value is 3.47. The minimum absolute atomic E-state index is 0. The van der Waals surface area contributed by atoms with E-state index in [1.54, 1.807) is 0 Å². The van der Waals surface area contributed by atoms with Gasteiger partial charge < -0.3 is 0 Å². The van der Waals surface area contributed by atoms with Crippen LogP contribution in [0.5, 0.6) is 0 Å². The van der Waals surface area contributed by atoms with Gasteiger partial charge in [0.1, 0.15) is 0 Å². The van der Waals surface area contributed by atoms with E-state index in [0.717, 1.165) is 0 Å². The molecule has 0 unspecified atom stereocenters. The Morgan fingerprint density at radius 3 is 0.800 bits per heavy atom. The first kappa shape index (κ1) is 39.3.